The van der Waals surface area contributed by atoms with Crippen LogP contribution in [0.15, 0.2) is 59.5 Å². The lowest BCUT2D eigenvalue weighted by atomic mass is 9.82. The average Bonchev–Trinajstić information content (AvgIpc) is 3.06. The maximum atomic E-state index is 13.8. The molecule has 1 aromatic heterocycles. The van der Waals surface area contributed by atoms with Gasteiger partial charge in [0.15, 0.2) is 16.6 Å². The van der Waals surface area contributed by atoms with Crippen molar-refractivity contribution in [3.8, 4) is 5.75 Å². The molecule has 0 saturated carbocycles. The summed E-state index contributed by atoms with van der Waals surface area (Å²) in [4.78, 5) is 16.5. The molecule has 4 rings (SSSR count). The summed E-state index contributed by atoms with van der Waals surface area (Å²) in [5.74, 6) is -2.05. The standard InChI is InChI=1S/C26H24F6N4O4S/c1-14(2)24(38,23(37)33-3)16-5-10-19-20(12-16)36(13-15-4-11-21(25(27,28)29)35-22(15)34-19)41(39)18-8-6-17(7-9-18)40-26(30,31)32/h4-12,14,38H,13H2,1-3H3,(H,33,37)(H,34,35). The number of benzene rings is 2. The lowest BCUT2D eigenvalue weighted by molar-refractivity contribution is -0.274. The number of hydrogen-bond donors (Lipinski definition) is 3. The van der Waals surface area contributed by atoms with Gasteiger partial charge in [-0.2, -0.15) is 13.2 Å². The van der Waals surface area contributed by atoms with E-state index >= 15 is 0 Å². The molecule has 1 aliphatic rings. The van der Waals surface area contributed by atoms with Gasteiger partial charge in [-0.25, -0.2) is 9.19 Å². The number of hydrogen-bond acceptors (Lipinski definition) is 6. The van der Waals surface area contributed by atoms with Crippen molar-refractivity contribution in [2.45, 2.75) is 43.4 Å². The van der Waals surface area contributed by atoms with Crippen LogP contribution < -0.4 is 19.7 Å². The van der Waals surface area contributed by atoms with E-state index in [0.717, 1.165) is 30.3 Å². The second-order valence-corrected chi connectivity index (χ2v) is 10.8. The van der Waals surface area contributed by atoms with Gasteiger partial charge in [0.05, 0.1) is 22.8 Å². The molecule has 15 heteroatoms. The number of pyridine rings is 1. The molecule has 0 aliphatic carbocycles. The van der Waals surface area contributed by atoms with Crippen molar-refractivity contribution < 1.29 is 45.2 Å². The molecule has 2 aromatic carbocycles. The third-order valence-electron chi connectivity index (χ3n) is 6.41. The van der Waals surface area contributed by atoms with E-state index < -0.39 is 52.4 Å². The lowest BCUT2D eigenvalue weighted by Gasteiger charge is -2.32. The van der Waals surface area contributed by atoms with Crippen LogP contribution in [0, 0.1) is 5.92 Å². The van der Waals surface area contributed by atoms with E-state index in [2.05, 4.69) is 20.4 Å². The van der Waals surface area contributed by atoms with Crippen molar-refractivity contribution >= 4 is 34.1 Å². The molecular formula is C26H24F6N4O4S. The second kappa shape index (κ2) is 10.9. The van der Waals surface area contributed by atoms with Gasteiger partial charge in [-0.3, -0.25) is 9.10 Å². The first kappa shape index (κ1) is 30.1. The Hall–Kier alpha value is -3.85. The first-order chi connectivity index (χ1) is 19.0. The molecule has 0 bridgehead atoms. The minimum atomic E-state index is -4.93. The summed E-state index contributed by atoms with van der Waals surface area (Å²) in [6.07, 6.45) is -9.67. The Bertz CT molecular complexity index is 1480. The summed E-state index contributed by atoms with van der Waals surface area (Å²) in [6.45, 7) is 2.97. The van der Waals surface area contributed by atoms with Crippen LogP contribution in [0.25, 0.3) is 0 Å². The number of carbonyl (C=O) groups excluding carboxylic acids is 1. The third kappa shape index (κ3) is 6.10. The fourth-order valence-corrected chi connectivity index (χ4v) is 5.49. The second-order valence-electron chi connectivity index (χ2n) is 9.36. The van der Waals surface area contributed by atoms with Crippen LogP contribution in [0.5, 0.6) is 5.75 Å². The van der Waals surface area contributed by atoms with E-state index in [1.165, 1.54) is 35.6 Å². The first-order valence-electron chi connectivity index (χ1n) is 12.0. The van der Waals surface area contributed by atoms with Gasteiger partial charge >= 0.3 is 12.5 Å². The number of nitrogens with one attached hydrogen (secondary N) is 2. The summed E-state index contributed by atoms with van der Waals surface area (Å²) in [7, 11) is -0.795. The number of carbonyl (C=O) groups is 1. The molecule has 2 atom stereocenters. The Morgan fingerprint density at radius 3 is 2.29 bits per heavy atom. The number of aromatic nitrogens is 1. The molecule has 3 N–H and O–H groups in total. The van der Waals surface area contributed by atoms with Crippen molar-refractivity contribution in [1.82, 2.24) is 10.3 Å². The molecule has 2 heterocycles. The van der Waals surface area contributed by atoms with Crippen LogP contribution in [-0.2, 0) is 34.1 Å². The van der Waals surface area contributed by atoms with E-state index in [-0.39, 0.29) is 39.8 Å². The van der Waals surface area contributed by atoms with Gasteiger partial charge in [-0.15, -0.1) is 13.2 Å². The minimum absolute atomic E-state index is 0.0459. The molecule has 1 amide bonds. The number of fused-ring (bicyclic) bond motifs is 2. The summed E-state index contributed by atoms with van der Waals surface area (Å²) >= 11 is 0. The SMILES string of the molecule is CNC(=O)C(O)(c1ccc2c(c1)N(S(=O)c1ccc(OC(F)(F)F)cc1)Cc1ccc(C(F)(F)F)nc1N2)C(C)C. The molecule has 0 saturated heterocycles. The van der Waals surface area contributed by atoms with Gasteiger partial charge in [-0.1, -0.05) is 26.0 Å². The van der Waals surface area contributed by atoms with Gasteiger partial charge < -0.3 is 20.5 Å². The van der Waals surface area contributed by atoms with Crippen LogP contribution in [-0.4, -0.2) is 33.6 Å². The highest BCUT2D eigenvalue weighted by Gasteiger charge is 2.42. The predicted octanol–water partition coefficient (Wildman–Crippen LogP) is 5.38. The summed E-state index contributed by atoms with van der Waals surface area (Å²) < 4.78 is 96.9. The first-order valence-corrected chi connectivity index (χ1v) is 13.1. The number of aliphatic hydroxyl groups is 1. The van der Waals surface area contributed by atoms with Gasteiger partial charge in [-0.05, 0) is 53.9 Å². The molecular weight excluding hydrogens is 578 g/mol. The van der Waals surface area contributed by atoms with E-state index in [4.69, 9.17) is 0 Å². The number of alkyl halides is 6. The van der Waals surface area contributed by atoms with Crippen molar-refractivity contribution in [1.29, 1.82) is 0 Å². The van der Waals surface area contributed by atoms with E-state index in [0.29, 0.717) is 0 Å². The van der Waals surface area contributed by atoms with E-state index in [1.807, 2.05) is 0 Å². The molecule has 220 valence electrons. The van der Waals surface area contributed by atoms with Gasteiger partial charge in [0, 0.05) is 12.6 Å². The summed E-state index contributed by atoms with van der Waals surface area (Å²) in [6, 6.07) is 10.4. The Balaban J connectivity index is 1.85. The highest BCUT2D eigenvalue weighted by molar-refractivity contribution is 7.86. The fourth-order valence-electron chi connectivity index (χ4n) is 4.28. The number of anilines is 3. The zero-order valence-corrected chi connectivity index (χ0v) is 22.5. The Labute approximate surface area is 232 Å². The Morgan fingerprint density at radius 1 is 1.07 bits per heavy atom. The smallest absolute Gasteiger partial charge is 0.406 e. The zero-order valence-electron chi connectivity index (χ0n) is 21.7. The van der Waals surface area contributed by atoms with E-state index in [9.17, 15) is 40.5 Å². The van der Waals surface area contributed by atoms with Crippen molar-refractivity contribution in [3.63, 3.8) is 0 Å². The number of amides is 1. The topological polar surface area (TPSA) is 104 Å². The number of nitrogens with zero attached hydrogens (tertiary/aromatic N) is 2. The molecule has 3 aromatic rings. The number of likely N-dealkylation sites (N-methyl/N-ethyl adjacent to an activating group) is 1. The molecule has 0 radical (unpaired) electrons. The van der Waals surface area contributed by atoms with Crippen LogP contribution >= 0.6 is 0 Å². The third-order valence-corrected chi connectivity index (χ3v) is 7.81. The molecule has 2 unspecified atom stereocenters. The number of halogens is 6. The maximum Gasteiger partial charge on any atom is 0.573 e. The molecule has 41 heavy (non-hydrogen) atoms. The van der Waals surface area contributed by atoms with Crippen LogP contribution in [0.1, 0.15) is 30.7 Å². The fraction of sp³-hybridized carbons (Fsp3) is 0.308. The van der Waals surface area contributed by atoms with E-state index in [1.54, 1.807) is 13.8 Å². The van der Waals surface area contributed by atoms with Crippen LogP contribution in [0.4, 0.5) is 43.5 Å². The van der Waals surface area contributed by atoms with Crippen molar-refractivity contribution in [2.75, 3.05) is 16.7 Å². The number of rotatable bonds is 6. The highest BCUT2D eigenvalue weighted by Crippen LogP contribution is 2.42. The molecule has 8 nitrogen and oxygen atoms in total. The molecule has 1 aliphatic heterocycles. The highest BCUT2D eigenvalue weighted by atomic mass is 32.2. The van der Waals surface area contributed by atoms with Crippen molar-refractivity contribution in [2.24, 2.45) is 5.92 Å². The maximum absolute atomic E-state index is 13.8. The van der Waals surface area contributed by atoms with Crippen LogP contribution in [0.2, 0.25) is 0 Å². The monoisotopic (exact) mass is 602 g/mol. The van der Waals surface area contributed by atoms with Crippen molar-refractivity contribution in [3.05, 3.63) is 71.4 Å². The largest absolute Gasteiger partial charge is 0.573 e. The Kier molecular flexibility index (Phi) is 7.97. The normalized spacial score (nSPS) is 15.6. The summed E-state index contributed by atoms with van der Waals surface area (Å²) in [5, 5.41) is 16.6. The molecule has 0 spiro atoms. The lowest BCUT2D eigenvalue weighted by Crippen LogP contribution is -2.47. The number of ether oxygens (including phenoxy) is 1. The predicted molar refractivity (Wildman–Crippen MR) is 137 cm³/mol. The minimum Gasteiger partial charge on any atom is -0.406 e. The van der Waals surface area contributed by atoms with Gasteiger partial charge in [0.2, 0.25) is 0 Å². The molecule has 0 fully saturated rings. The van der Waals surface area contributed by atoms with Gasteiger partial charge in [0.1, 0.15) is 17.3 Å². The zero-order chi connectivity index (χ0) is 30.3. The average molecular weight is 603 g/mol. The Morgan fingerprint density at radius 2 is 1.73 bits per heavy atom. The quantitative estimate of drug-likeness (QED) is 0.328. The summed E-state index contributed by atoms with van der Waals surface area (Å²) in [5.41, 5.74) is -2.57. The van der Waals surface area contributed by atoms with Gasteiger partial charge in [0.25, 0.3) is 5.91 Å². The van der Waals surface area contributed by atoms with Crippen LogP contribution in [0.3, 0.4) is 0 Å².